The Labute approximate surface area is 415 Å². The van der Waals surface area contributed by atoms with Crippen molar-refractivity contribution in [3.05, 3.63) is 72.9 Å². The van der Waals surface area contributed by atoms with Crippen LogP contribution < -0.4 is 5.32 Å². The summed E-state index contributed by atoms with van der Waals surface area (Å²) in [6.45, 7) is 6.34. The SMILES string of the molecule is CC\C=C/C=C/C=C/C=C\C=C\C=C\CCCC(CC(=O)NC(CO)C(O)CCCCCCCCCCCCCCCC)OC(=O)CCCCCCCCCCCCCCCCCCCCC. The zero-order valence-corrected chi connectivity index (χ0v) is 44.3. The summed E-state index contributed by atoms with van der Waals surface area (Å²) in [5.41, 5.74) is 0. The summed E-state index contributed by atoms with van der Waals surface area (Å²) >= 11 is 0. The van der Waals surface area contributed by atoms with Gasteiger partial charge in [0.15, 0.2) is 0 Å². The van der Waals surface area contributed by atoms with E-state index in [0.717, 1.165) is 57.8 Å². The smallest absolute Gasteiger partial charge is 0.306 e. The summed E-state index contributed by atoms with van der Waals surface area (Å²) in [4.78, 5) is 26.2. The van der Waals surface area contributed by atoms with Crippen LogP contribution in [-0.2, 0) is 14.3 Å². The second kappa shape index (κ2) is 54.2. The number of unbranched alkanes of at least 4 members (excludes halogenated alkanes) is 32. The zero-order valence-electron chi connectivity index (χ0n) is 44.3. The maximum absolute atomic E-state index is 13.2. The first-order valence-electron chi connectivity index (χ1n) is 28.7. The lowest BCUT2D eigenvalue weighted by molar-refractivity contribution is -0.151. The van der Waals surface area contributed by atoms with Crippen molar-refractivity contribution in [3.63, 3.8) is 0 Å². The van der Waals surface area contributed by atoms with Gasteiger partial charge in [0.05, 0.1) is 25.2 Å². The molecule has 0 aromatic carbocycles. The lowest BCUT2D eigenvalue weighted by Crippen LogP contribution is -2.46. The summed E-state index contributed by atoms with van der Waals surface area (Å²) < 4.78 is 5.92. The third-order valence-electron chi connectivity index (χ3n) is 13.0. The minimum absolute atomic E-state index is 0.0268. The van der Waals surface area contributed by atoms with E-state index in [1.54, 1.807) is 0 Å². The Hall–Kier alpha value is -2.70. The van der Waals surface area contributed by atoms with Gasteiger partial charge < -0.3 is 20.3 Å². The van der Waals surface area contributed by atoms with Crippen LogP contribution in [0.25, 0.3) is 0 Å². The first-order valence-corrected chi connectivity index (χ1v) is 28.7. The average molecular weight is 937 g/mol. The Balaban J connectivity index is 4.62. The predicted octanol–water partition coefficient (Wildman–Crippen LogP) is 17.7. The molecule has 3 unspecified atom stereocenters. The number of esters is 1. The highest BCUT2D eigenvalue weighted by molar-refractivity contribution is 5.77. The molecule has 0 spiro atoms. The fourth-order valence-electron chi connectivity index (χ4n) is 8.65. The van der Waals surface area contributed by atoms with Crippen LogP contribution in [0, 0.1) is 0 Å². The minimum Gasteiger partial charge on any atom is -0.462 e. The van der Waals surface area contributed by atoms with E-state index in [-0.39, 0.29) is 24.9 Å². The van der Waals surface area contributed by atoms with E-state index in [1.807, 2.05) is 60.8 Å². The number of hydrogen-bond donors (Lipinski definition) is 3. The second-order valence-electron chi connectivity index (χ2n) is 19.5. The number of ether oxygens (including phenoxy) is 1. The van der Waals surface area contributed by atoms with Gasteiger partial charge in [0, 0.05) is 6.42 Å². The molecular weight excluding hydrogens is 827 g/mol. The quantitative estimate of drug-likeness (QED) is 0.0321. The van der Waals surface area contributed by atoms with E-state index in [9.17, 15) is 19.8 Å². The summed E-state index contributed by atoms with van der Waals surface area (Å²) in [7, 11) is 0. The normalized spacial score (nSPS) is 13.7. The number of aliphatic hydroxyl groups is 2. The van der Waals surface area contributed by atoms with Gasteiger partial charge in [-0.15, -0.1) is 0 Å². The predicted molar refractivity (Wildman–Crippen MR) is 291 cm³/mol. The molecule has 6 nitrogen and oxygen atoms in total. The van der Waals surface area contributed by atoms with E-state index in [4.69, 9.17) is 4.74 Å². The van der Waals surface area contributed by atoms with Gasteiger partial charge in [-0.3, -0.25) is 9.59 Å². The van der Waals surface area contributed by atoms with Gasteiger partial charge in [-0.2, -0.15) is 0 Å². The monoisotopic (exact) mass is 936 g/mol. The largest absolute Gasteiger partial charge is 0.462 e. The van der Waals surface area contributed by atoms with E-state index >= 15 is 0 Å². The molecule has 0 aliphatic carbocycles. The summed E-state index contributed by atoms with van der Waals surface area (Å²) in [6.07, 6.45) is 69.8. The molecule has 0 aliphatic heterocycles. The van der Waals surface area contributed by atoms with Crippen LogP contribution in [0.4, 0.5) is 0 Å². The number of aliphatic hydroxyl groups excluding tert-OH is 2. The molecule has 3 atom stereocenters. The Morgan fingerprint density at radius 3 is 1.19 bits per heavy atom. The number of rotatable bonds is 51. The van der Waals surface area contributed by atoms with Crippen molar-refractivity contribution in [2.45, 2.75) is 296 Å². The van der Waals surface area contributed by atoms with Crippen LogP contribution in [0.5, 0.6) is 0 Å². The van der Waals surface area contributed by atoms with Gasteiger partial charge in [-0.25, -0.2) is 0 Å². The van der Waals surface area contributed by atoms with Crippen LogP contribution in [0.1, 0.15) is 278 Å². The molecule has 1 amide bonds. The Morgan fingerprint density at radius 2 is 0.806 bits per heavy atom. The molecule has 0 aliphatic rings. The van der Waals surface area contributed by atoms with E-state index in [2.05, 4.69) is 38.2 Å². The highest BCUT2D eigenvalue weighted by Crippen LogP contribution is 2.18. The lowest BCUT2D eigenvalue weighted by atomic mass is 10.0. The van der Waals surface area contributed by atoms with Gasteiger partial charge in [0.25, 0.3) is 0 Å². The van der Waals surface area contributed by atoms with Gasteiger partial charge in [0.1, 0.15) is 6.10 Å². The summed E-state index contributed by atoms with van der Waals surface area (Å²) in [6, 6.07) is -0.728. The standard InChI is InChI=1S/C61H109NO5/c1-4-7-10-13-16-19-22-25-28-29-30-31-33-36-39-42-45-48-51-54-61(66)67-57(52-49-46-43-40-37-34-32-26-23-20-17-14-11-8-5-2)55-60(65)62-58(56-63)59(64)53-50-47-44-41-38-35-27-24-21-18-15-12-9-6-3/h8,11,14,17,20,23,26,32,34,37,40,43,57-59,63-64H,4-7,9-10,12-13,15-16,18-19,21-22,24-25,27-31,33,35-36,38-39,41-42,44-56H2,1-3H3,(H,62,65)/b11-8-,17-14+,23-20+,32-26-,37-34+,43-40+. The fraction of sp³-hybridized carbons (Fsp3) is 0.770. The molecule has 0 rings (SSSR count). The van der Waals surface area contributed by atoms with Crippen LogP contribution in [0.2, 0.25) is 0 Å². The molecule has 0 aromatic heterocycles. The van der Waals surface area contributed by atoms with Crippen molar-refractivity contribution in [2.24, 2.45) is 0 Å². The van der Waals surface area contributed by atoms with Crippen molar-refractivity contribution in [2.75, 3.05) is 6.61 Å². The number of carbonyl (C=O) groups excluding carboxylic acids is 2. The molecular formula is C61H109NO5. The van der Waals surface area contributed by atoms with E-state index in [0.29, 0.717) is 19.3 Å². The second-order valence-corrected chi connectivity index (χ2v) is 19.5. The summed E-state index contributed by atoms with van der Waals surface area (Å²) in [5, 5.41) is 23.8. The Morgan fingerprint density at radius 1 is 0.448 bits per heavy atom. The minimum atomic E-state index is -0.810. The molecule has 0 radical (unpaired) electrons. The zero-order chi connectivity index (χ0) is 48.8. The molecule has 0 saturated heterocycles. The first-order chi connectivity index (χ1) is 33.0. The van der Waals surface area contributed by atoms with Crippen molar-refractivity contribution < 1.29 is 24.5 Å². The lowest BCUT2D eigenvalue weighted by Gasteiger charge is -2.24. The third-order valence-corrected chi connectivity index (χ3v) is 13.0. The maximum Gasteiger partial charge on any atom is 0.306 e. The van der Waals surface area contributed by atoms with Crippen LogP contribution >= 0.6 is 0 Å². The highest BCUT2D eigenvalue weighted by Gasteiger charge is 2.24. The highest BCUT2D eigenvalue weighted by atomic mass is 16.5. The number of amides is 1. The summed E-state index contributed by atoms with van der Waals surface area (Å²) in [5.74, 6) is -0.541. The molecule has 0 heterocycles. The molecule has 6 heteroatoms. The molecule has 0 fully saturated rings. The number of hydrogen-bond acceptors (Lipinski definition) is 5. The topological polar surface area (TPSA) is 95.9 Å². The van der Waals surface area contributed by atoms with Crippen molar-refractivity contribution in [1.82, 2.24) is 5.32 Å². The van der Waals surface area contributed by atoms with Crippen LogP contribution in [0.15, 0.2) is 72.9 Å². The Bertz CT molecular complexity index is 1230. The molecule has 3 N–H and O–H groups in total. The number of allylic oxidation sites excluding steroid dienone is 12. The van der Waals surface area contributed by atoms with Crippen LogP contribution in [0.3, 0.4) is 0 Å². The van der Waals surface area contributed by atoms with E-state index in [1.165, 1.54) is 173 Å². The number of nitrogens with one attached hydrogen (secondary N) is 1. The van der Waals surface area contributed by atoms with Gasteiger partial charge in [-0.05, 0) is 38.5 Å². The average Bonchev–Trinajstić information content (AvgIpc) is 3.32. The molecule has 0 bridgehead atoms. The van der Waals surface area contributed by atoms with Crippen molar-refractivity contribution in [1.29, 1.82) is 0 Å². The van der Waals surface area contributed by atoms with Crippen molar-refractivity contribution >= 4 is 11.9 Å². The first kappa shape index (κ1) is 64.3. The maximum atomic E-state index is 13.2. The molecule has 0 saturated carbocycles. The molecule has 67 heavy (non-hydrogen) atoms. The van der Waals surface area contributed by atoms with Crippen molar-refractivity contribution in [3.8, 4) is 0 Å². The Kier molecular flexibility index (Phi) is 52.1. The molecule has 0 aromatic rings. The van der Waals surface area contributed by atoms with E-state index < -0.39 is 18.2 Å². The van der Waals surface area contributed by atoms with Gasteiger partial charge in [-0.1, -0.05) is 299 Å². The van der Waals surface area contributed by atoms with Gasteiger partial charge in [0.2, 0.25) is 5.91 Å². The third kappa shape index (κ3) is 49.5. The fourth-order valence-corrected chi connectivity index (χ4v) is 8.65. The van der Waals surface area contributed by atoms with Crippen LogP contribution in [-0.4, -0.2) is 46.9 Å². The number of carbonyl (C=O) groups is 2. The molecule has 388 valence electrons. The van der Waals surface area contributed by atoms with Gasteiger partial charge >= 0.3 is 5.97 Å².